The molecular formula is C25H38N4O2S. The molecule has 2 aliphatic heterocycles. The number of rotatable bonds is 5. The van der Waals surface area contributed by atoms with Gasteiger partial charge in [0, 0.05) is 56.5 Å². The highest BCUT2D eigenvalue weighted by Crippen LogP contribution is 2.32. The highest BCUT2D eigenvalue weighted by Gasteiger charge is 2.39. The van der Waals surface area contributed by atoms with E-state index < -0.39 is 0 Å². The summed E-state index contributed by atoms with van der Waals surface area (Å²) in [6, 6.07) is 8.07. The molecule has 3 amide bonds. The monoisotopic (exact) mass is 458 g/mol. The number of carbonyl (C=O) groups excluding carboxylic acids is 2. The van der Waals surface area contributed by atoms with Crippen LogP contribution in [0.25, 0.3) is 0 Å². The molecule has 0 bridgehead atoms. The summed E-state index contributed by atoms with van der Waals surface area (Å²) >= 11 is 1.94. The Bertz CT molecular complexity index is 765. The summed E-state index contributed by atoms with van der Waals surface area (Å²) in [5, 5.41) is 3.04. The van der Waals surface area contributed by atoms with Crippen molar-refractivity contribution in [3.8, 4) is 0 Å². The van der Waals surface area contributed by atoms with Gasteiger partial charge in [-0.05, 0) is 42.4 Å². The third-order valence-corrected chi connectivity index (χ3v) is 8.19. The maximum absolute atomic E-state index is 13.5. The molecule has 4 rings (SSSR count). The normalized spacial score (nSPS) is 21.7. The SMILES string of the molecule is CC(C)c1ccc(NC(=O)N2CCN([C@H](C(=O)N3CCSCC3)C3CCCC3)CC2)cc1. The lowest BCUT2D eigenvalue weighted by Gasteiger charge is -2.43. The van der Waals surface area contributed by atoms with Crippen molar-refractivity contribution < 1.29 is 9.59 Å². The molecule has 0 unspecified atom stereocenters. The van der Waals surface area contributed by atoms with Crippen LogP contribution in [0.4, 0.5) is 10.5 Å². The Hall–Kier alpha value is -1.73. The van der Waals surface area contributed by atoms with Crippen molar-refractivity contribution in [3.63, 3.8) is 0 Å². The molecule has 2 saturated heterocycles. The topological polar surface area (TPSA) is 55.9 Å². The summed E-state index contributed by atoms with van der Waals surface area (Å²) in [7, 11) is 0. The zero-order valence-electron chi connectivity index (χ0n) is 19.6. The molecule has 1 atom stereocenters. The first-order valence-electron chi connectivity index (χ1n) is 12.3. The van der Waals surface area contributed by atoms with Crippen molar-refractivity contribution >= 4 is 29.4 Å². The molecule has 0 radical (unpaired) electrons. The molecule has 0 spiro atoms. The molecule has 1 saturated carbocycles. The Morgan fingerprint density at radius 2 is 1.53 bits per heavy atom. The number of urea groups is 1. The largest absolute Gasteiger partial charge is 0.340 e. The van der Waals surface area contributed by atoms with Crippen LogP contribution in [0, 0.1) is 5.92 Å². The van der Waals surface area contributed by atoms with Gasteiger partial charge in [0.15, 0.2) is 0 Å². The molecule has 3 fully saturated rings. The minimum absolute atomic E-state index is 0.00520. The number of anilines is 1. The summed E-state index contributed by atoms with van der Waals surface area (Å²) < 4.78 is 0. The van der Waals surface area contributed by atoms with Gasteiger partial charge in [-0.1, -0.05) is 38.8 Å². The lowest BCUT2D eigenvalue weighted by atomic mass is 9.94. The molecule has 1 aromatic carbocycles. The minimum Gasteiger partial charge on any atom is -0.340 e. The van der Waals surface area contributed by atoms with Gasteiger partial charge in [-0.2, -0.15) is 11.8 Å². The van der Waals surface area contributed by atoms with Crippen molar-refractivity contribution in [1.82, 2.24) is 14.7 Å². The first kappa shape index (κ1) is 23.4. The second-order valence-corrected chi connectivity index (χ2v) is 10.9. The number of hydrogen-bond donors (Lipinski definition) is 1. The maximum atomic E-state index is 13.5. The Morgan fingerprint density at radius 3 is 2.12 bits per heavy atom. The molecule has 7 heteroatoms. The van der Waals surface area contributed by atoms with Gasteiger partial charge < -0.3 is 15.1 Å². The van der Waals surface area contributed by atoms with Gasteiger partial charge >= 0.3 is 6.03 Å². The Morgan fingerprint density at radius 1 is 0.906 bits per heavy atom. The predicted octanol–water partition coefficient (Wildman–Crippen LogP) is 4.09. The van der Waals surface area contributed by atoms with E-state index in [-0.39, 0.29) is 12.1 Å². The molecular weight excluding hydrogens is 420 g/mol. The number of piperazine rings is 1. The van der Waals surface area contributed by atoms with Crippen LogP contribution in [0.3, 0.4) is 0 Å². The number of amides is 3. The third-order valence-electron chi connectivity index (χ3n) is 7.25. The summed E-state index contributed by atoms with van der Waals surface area (Å²) in [5.74, 6) is 3.38. The summed E-state index contributed by atoms with van der Waals surface area (Å²) in [5.41, 5.74) is 2.11. The van der Waals surface area contributed by atoms with Crippen molar-refractivity contribution in [2.24, 2.45) is 5.92 Å². The van der Waals surface area contributed by atoms with E-state index in [1.165, 1.54) is 18.4 Å². The van der Waals surface area contributed by atoms with E-state index in [0.29, 0.717) is 30.8 Å². The molecule has 6 nitrogen and oxygen atoms in total. The molecule has 32 heavy (non-hydrogen) atoms. The van der Waals surface area contributed by atoms with Crippen LogP contribution in [-0.2, 0) is 4.79 Å². The van der Waals surface area contributed by atoms with Crippen LogP contribution in [0.1, 0.15) is 51.0 Å². The average Bonchev–Trinajstić information content (AvgIpc) is 3.35. The second kappa shape index (κ2) is 10.9. The molecule has 1 aromatic rings. The highest BCUT2D eigenvalue weighted by molar-refractivity contribution is 7.99. The van der Waals surface area contributed by atoms with E-state index in [2.05, 4.69) is 41.1 Å². The van der Waals surface area contributed by atoms with E-state index in [4.69, 9.17) is 0 Å². The molecule has 0 aromatic heterocycles. The van der Waals surface area contributed by atoms with Crippen LogP contribution in [0.15, 0.2) is 24.3 Å². The number of nitrogens with one attached hydrogen (secondary N) is 1. The summed E-state index contributed by atoms with van der Waals surface area (Å²) in [6.45, 7) is 8.98. The molecule has 3 aliphatic rings. The standard InChI is InChI=1S/C25H38N4O2S/c1-19(2)20-7-9-22(10-8-20)26-25(31)29-13-11-27(12-14-29)23(21-5-3-4-6-21)24(30)28-15-17-32-18-16-28/h7-10,19,21,23H,3-6,11-18H2,1-2H3,(H,26,31)/t23-/m0/s1. The van der Waals surface area contributed by atoms with Gasteiger partial charge in [-0.15, -0.1) is 0 Å². The van der Waals surface area contributed by atoms with Crippen molar-refractivity contribution in [2.45, 2.75) is 51.5 Å². The van der Waals surface area contributed by atoms with Gasteiger partial charge in [-0.25, -0.2) is 4.79 Å². The fourth-order valence-electron chi connectivity index (χ4n) is 5.26. The predicted molar refractivity (Wildman–Crippen MR) is 132 cm³/mol. The minimum atomic E-state index is -0.0428. The van der Waals surface area contributed by atoms with Crippen LogP contribution < -0.4 is 5.32 Å². The molecule has 1 N–H and O–H groups in total. The van der Waals surface area contributed by atoms with Crippen LogP contribution in [-0.4, -0.2) is 83.5 Å². The number of benzene rings is 1. The van der Waals surface area contributed by atoms with Crippen molar-refractivity contribution in [2.75, 3.05) is 56.1 Å². The van der Waals surface area contributed by atoms with Gasteiger partial charge in [0.1, 0.15) is 0 Å². The van der Waals surface area contributed by atoms with Gasteiger partial charge in [0.05, 0.1) is 6.04 Å². The lowest BCUT2D eigenvalue weighted by molar-refractivity contribution is -0.139. The quantitative estimate of drug-likeness (QED) is 0.722. The smallest absolute Gasteiger partial charge is 0.321 e. The third kappa shape index (κ3) is 5.60. The number of thioether (sulfide) groups is 1. The molecule has 2 heterocycles. The fraction of sp³-hybridized carbons (Fsp3) is 0.680. The van der Waals surface area contributed by atoms with Crippen LogP contribution >= 0.6 is 11.8 Å². The van der Waals surface area contributed by atoms with E-state index in [9.17, 15) is 9.59 Å². The van der Waals surface area contributed by atoms with Crippen LogP contribution in [0.5, 0.6) is 0 Å². The first-order valence-corrected chi connectivity index (χ1v) is 13.4. The van der Waals surface area contributed by atoms with Crippen molar-refractivity contribution in [3.05, 3.63) is 29.8 Å². The van der Waals surface area contributed by atoms with E-state index in [0.717, 1.165) is 56.2 Å². The first-order chi connectivity index (χ1) is 15.5. The van der Waals surface area contributed by atoms with Crippen LogP contribution in [0.2, 0.25) is 0 Å². The van der Waals surface area contributed by atoms with Gasteiger partial charge in [-0.3, -0.25) is 9.69 Å². The zero-order chi connectivity index (χ0) is 22.5. The second-order valence-electron chi connectivity index (χ2n) is 9.66. The number of nitrogens with zero attached hydrogens (tertiary/aromatic N) is 3. The Labute approximate surface area is 197 Å². The summed E-state index contributed by atoms with van der Waals surface area (Å²) in [6.07, 6.45) is 4.79. The van der Waals surface area contributed by atoms with E-state index >= 15 is 0 Å². The zero-order valence-corrected chi connectivity index (χ0v) is 20.4. The molecule has 176 valence electrons. The molecule has 1 aliphatic carbocycles. The average molecular weight is 459 g/mol. The number of hydrogen-bond acceptors (Lipinski definition) is 4. The summed E-state index contributed by atoms with van der Waals surface area (Å²) in [4.78, 5) is 32.7. The van der Waals surface area contributed by atoms with Gasteiger partial charge in [0.2, 0.25) is 5.91 Å². The van der Waals surface area contributed by atoms with E-state index in [1.54, 1.807) is 0 Å². The Balaban J connectivity index is 1.34. The highest BCUT2D eigenvalue weighted by atomic mass is 32.2. The number of carbonyl (C=O) groups is 2. The Kier molecular flexibility index (Phi) is 8.00. The van der Waals surface area contributed by atoms with Crippen molar-refractivity contribution in [1.29, 1.82) is 0 Å². The maximum Gasteiger partial charge on any atom is 0.321 e. The fourth-order valence-corrected chi connectivity index (χ4v) is 6.16. The van der Waals surface area contributed by atoms with E-state index in [1.807, 2.05) is 28.8 Å². The lowest BCUT2D eigenvalue weighted by Crippen LogP contribution is -2.59. The van der Waals surface area contributed by atoms with Gasteiger partial charge in [0.25, 0.3) is 0 Å².